The van der Waals surface area contributed by atoms with Crippen LogP contribution < -0.4 is 0 Å². The fourth-order valence-corrected chi connectivity index (χ4v) is 2.61. The number of hydrogen-bond donors (Lipinski definition) is 0. The highest BCUT2D eigenvalue weighted by molar-refractivity contribution is 5.72. The first-order valence-electron chi connectivity index (χ1n) is 10.7. The van der Waals surface area contributed by atoms with Crippen molar-refractivity contribution in [1.29, 1.82) is 0 Å². The molecule has 0 radical (unpaired) electrons. The van der Waals surface area contributed by atoms with Gasteiger partial charge in [0, 0.05) is 12.8 Å². The molecule has 0 aliphatic carbocycles. The Labute approximate surface area is 160 Å². The molecule has 0 aliphatic rings. The van der Waals surface area contributed by atoms with Crippen LogP contribution in [0.15, 0.2) is 12.2 Å². The summed E-state index contributed by atoms with van der Waals surface area (Å²) in [5, 5.41) is 0. The van der Waals surface area contributed by atoms with Crippen molar-refractivity contribution in [2.24, 2.45) is 0 Å². The molecule has 0 spiro atoms. The van der Waals surface area contributed by atoms with Crippen LogP contribution >= 0.6 is 0 Å². The monoisotopic (exact) mass is 368 g/mol. The van der Waals surface area contributed by atoms with Gasteiger partial charge in [-0.3, -0.25) is 9.59 Å². The van der Waals surface area contributed by atoms with Gasteiger partial charge in [0.15, 0.2) is 0 Å². The van der Waals surface area contributed by atoms with Crippen molar-refractivity contribution in [2.75, 3.05) is 13.2 Å². The molecule has 0 atom stereocenters. The molecule has 0 heterocycles. The van der Waals surface area contributed by atoms with Crippen molar-refractivity contribution in [3.63, 3.8) is 0 Å². The van der Waals surface area contributed by atoms with Gasteiger partial charge in [-0.25, -0.2) is 0 Å². The molecule has 152 valence electrons. The van der Waals surface area contributed by atoms with E-state index in [9.17, 15) is 9.59 Å². The molecule has 0 aromatic rings. The Kier molecular flexibility index (Phi) is 19.0. The van der Waals surface area contributed by atoms with Gasteiger partial charge in [-0.05, 0) is 32.1 Å². The van der Waals surface area contributed by atoms with Crippen LogP contribution in [0.1, 0.15) is 104 Å². The van der Waals surface area contributed by atoms with E-state index < -0.39 is 0 Å². The molecule has 0 fully saturated rings. The van der Waals surface area contributed by atoms with Gasteiger partial charge in [0.2, 0.25) is 0 Å². The normalized spacial score (nSPS) is 11.0. The summed E-state index contributed by atoms with van der Waals surface area (Å²) in [7, 11) is 0. The van der Waals surface area contributed by atoms with Gasteiger partial charge < -0.3 is 9.47 Å². The summed E-state index contributed by atoms with van der Waals surface area (Å²) in [4.78, 5) is 22.8. The molecule has 4 heteroatoms. The van der Waals surface area contributed by atoms with Gasteiger partial charge in [-0.1, -0.05) is 70.9 Å². The van der Waals surface area contributed by atoms with Crippen molar-refractivity contribution >= 4 is 11.9 Å². The summed E-state index contributed by atoms with van der Waals surface area (Å²) in [5.41, 5.74) is 0. The van der Waals surface area contributed by atoms with Gasteiger partial charge in [0.1, 0.15) is 0 Å². The predicted octanol–water partition coefficient (Wildman–Crippen LogP) is 6.13. The van der Waals surface area contributed by atoms with Crippen LogP contribution in [0.2, 0.25) is 0 Å². The van der Waals surface area contributed by atoms with Gasteiger partial charge >= 0.3 is 11.9 Å². The molecule has 0 amide bonds. The molecule has 0 saturated heterocycles. The van der Waals surface area contributed by atoms with E-state index in [1.165, 1.54) is 51.4 Å². The Bertz CT molecular complexity index is 363. The standard InChI is InChI=1S/C22H40O4/c1-3-5-6-7-8-9-10-11-12-13-14-15-20-26-22(24)18-16-17-21(23)25-19-4-2/h13-14H,3-12,15-20H2,1-2H3/b14-13+. The number of unbranched alkanes of at least 4 members (excludes halogenated alkanes) is 8. The molecule has 0 unspecified atom stereocenters. The Morgan fingerprint density at radius 1 is 0.615 bits per heavy atom. The van der Waals surface area contributed by atoms with Crippen molar-refractivity contribution in [2.45, 2.75) is 104 Å². The quantitative estimate of drug-likeness (QED) is 0.166. The maximum absolute atomic E-state index is 11.5. The largest absolute Gasteiger partial charge is 0.466 e. The average molecular weight is 369 g/mol. The van der Waals surface area contributed by atoms with Crippen molar-refractivity contribution in [1.82, 2.24) is 0 Å². The molecular weight excluding hydrogens is 328 g/mol. The zero-order valence-electron chi connectivity index (χ0n) is 17.1. The van der Waals surface area contributed by atoms with Crippen molar-refractivity contribution < 1.29 is 19.1 Å². The highest BCUT2D eigenvalue weighted by Crippen LogP contribution is 2.09. The highest BCUT2D eigenvalue weighted by atomic mass is 16.5. The number of rotatable bonds is 18. The minimum Gasteiger partial charge on any atom is -0.466 e. The maximum atomic E-state index is 11.5. The summed E-state index contributed by atoms with van der Waals surface area (Å²) < 4.78 is 10.1. The molecule has 26 heavy (non-hydrogen) atoms. The SMILES string of the molecule is CCCCCCCCCC/C=C/CCOC(=O)CCCC(=O)OCCC. The van der Waals surface area contributed by atoms with Crippen LogP contribution in [0, 0.1) is 0 Å². The topological polar surface area (TPSA) is 52.6 Å². The van der Waals surface area contributed by atoms with Gasteiger partial charge in [0.05, 0.1) is 13.2 Å². The average Bonchev–Trinajstić information content (AvgIpc) is 2.63. The first-order valence-corrected chi connectivity index (χ1v) is 10.7. The molecule has 0 rings (SSSR count). The van der Waals surface area contributed by atoms with Gasteiger partial charge in [0.25, 0.3) is 0 Å². The van der Waals surface area contributed by atoms with E-state index in [4.69, 9.17) is 9.47 Å². The fraction of sp³-hybridized carbons (Fsp3) is 0.818. The Morgan fingerprint density at radius 3 is 1.77 bits per heavy atom. The summed E-state index contributed by atoms with van der Waals surface area (Å²) in [6, 6.07) is 0. The molecular formula is C22H40O4. The fourth-order valence-electron chi connectivity index (χ4n) is 2.61. The predicted molar refractivity (Wildman–Crippen MR) is 107 cm³/mol. The Morgan fingerprint density at radius 2 is 1.15 bits per heavy atom. The minimum atomic E-state index is -0.233. The third kappa shape index (κ3) is 19.0. The lowest BCUT2D eigenvalue weighted by molar-refractivity contribution is -0.145. The number of esters is 2. The van der Waals surface area contributed by atoms with Gasteiger partial charge in [-0.15, -0.1) is 0 Å². The molecule has 0 bridgehead atoms. The minimum absolute atomic E-state index is 0.232. The lowest BCUT2D eigenvalue weighted by Crippen LogP contribution is -2.08. The maximum Gasteiger partial charge on any atom is 0.305 e. The van der Waals surface area contributed by atoms with Crippen LogP contribution in [0.5, 0.6) is 0 Å². The molecule has 0 saturated carbocycles. The molecule has 0 aromatic heterocycles. The van der Waals surface area contributed by atoms with E-state index in [0.29, 0.717) is 19.6 Å². The summed E-state index contributed by atoms with van der Waals surface area (Å²) in [5.74, 6) is -0.465. The molecule has 0 aliphatic heterocycles. The van der Waals surface area contributed by atoms with Crippen molar-refractivity contribution in [3.05, 3.63) is 12.2 Å². The zero-order chi connectivity index (χ0) is 19.3. The first-order chi connectivity index (χ1) is 12.7. The van der Waals surface area contributed by atoms with Crippen LogP contribution in [0.25, 0.3) is 0 Å². The molecule has 0 N–H and O–H groups in total. The summed E-state index contributed by atoms with van der Waals surface area (Å²) in [6.45, 7) is 5.08. The van der Waals surface area contributed by atoms with E-state index in [1.54, 1.807) is 0 Å². The summed E-state index contributed by atoms with van der Waals surface area (Å²) >= 11 is 0. The molecule has 0 aromatic carbocycles. The first kappa shape index (κ1) is 24.7. The number of carbonyl (C=O) groups is 2. The van der Waals surface area contributed by atoms with Gasteiger partial charge in [-0.2, -0.15) is 0 Å². The second-order valence-electron chi connectivity index (χ2n) is 6.82. The third-order valence-corrected chi connectivity index (χ3v) is 4.17. The van der Waals surface area contributed by atoms with E-state index in [1.807, 2.05) is 6.92 Å². The lowest BCUT2D eigenvalue weighted by atomic mass is 10.1. The van der Waals surface area contributed by atoms with Crippen LogP contribution in [0.4, 0.5) is 0 Å². The number of ether oxygens (including phenoxy) is 2. The Hall–Kier alpha value is -1.32. The van der Waals surface area contributed by atoms with E-state index in [0.717, 1.165) is 19.3 Å². The second kappa shape index (κ2) is 20.0. The van der Waals surface area contributed by atoms with Crippen LogP contribution in [-0.2, 0) is 19.1 Å². The summed E-state index contributed by atoms with van der Waals surface area (Å²) in [6.07, 6.45) is 18.8. The second-order valence-corrected chi connectivity index (χ2v) is 6.82. The van der Waals surface area contributed by atoms with E-state index in [-0.39, 0.29) is 24.8 Å². The van der Waals surface area contributed by atoms with Crippen molar-refractivity contribution in [3.8, 4) is 0 Å². The number of hydrogen-bond acceptors (Lipinski definition) is 4. The zero-order valence-corrected chi connectivity index (χ0v) is 17.1. The number of carbonyl (C=O) groups excluding carboxylic acids is 2. The highest BCUT2D eigenvalue weighted by Gasteiger charge is 2.06. The van der Waals surface area contributed by atoms with Crippen LogP contribution in [0.3, 0.4) is 0 Å². The Balaban J connectivity index is 3.33. The van der Waals surface area contributed by atoms with E-state index in [2.05, 4.69) is 19.1 Å². The third-order valence-electron chi connectivity index (χ3n) is 4.17. The smallest absolute Gasteiger partial charge is 0.305 e. The molecule has 4 nitrogen and oxygen atoms in total. The number of allylic oxidation sites excluding steroid dienone is 1. The lowest BCUT2D eigenvalue weighted by Gasteiger charge is -2.04. The van der Waals surface area contributed by atoms with Crippen LogP contribution in [-0.4, -0.2) is 25.2 Å². The van der Waals surface area contributed by atoms with E-state index >= 15 is 0 Å².